The van der Waals surface area contributed by atoms with Crippen LogP contribution in [0, 0.1) is 6.92 Å². The highest BCUT2D eigenvalue weighted by Crippen LogP contribution is 2.22. The normalized spacial score (nSPS) is 12.1. The van der Waals surface area contributed by atoms with Crippen LogP contribution in [-0.4, -0.2) is 15.3 Å². The van der Waals surface area contributed by atoms with Crippen molar-refractivity contribution >= 4 is 32.7 Å². The lowest BCUT2D eigenvalue weighted by atomic mass is 10.1. The minimum absolute atomic E-state index is 0.210. The van der Waals surface area contributed by atoms with Gasteiger partial charge in [-0.15, -0.1) is 0 Å². The Bertz CT molecular complexity index is 683. The van der Waals surface area contributed by atoms with Gasteiger partial charge in [0.2, 0.25) is 0 Å². The summed E-state index contributed by atoms with van der Waals surface area (Å²) in [6.45, 7) is 1.96. The molecule has 0 saturated heterocycles. The second kappa shape index (κ2) is 6.33. The van der Waals surface area contributed by atoms with Crippen LogP contribution >= 0.6 is 15.9 Å². The molecule has 1 unspecified atom stereocenters. The molecule has 20 heavy (non-hydrogen) atoms. The van der Waals surface area contributed by atoms with E-state index in [2.05, 4.69) is 15.9 Å². The molecule has 5 heteroatoms. The third-order valence-electron chi connectivity index (χ3n) is 2.84. The lowest BCUT2D eigenvalue weighted by Gasteiger charge is -2.07. The number of benzene rings is 2. The van der Waals surface area contributed by atoms with Crippen molar-refractivity contribution in [1.29, 1.82) is 0 Å². The summed E-state index contributed by atoms with van der Waals surface area (Å²) in [7, 11) is -1.15. The van der Waals surface area contributed by atoms with Crippen molar-refractivity contribution in [2.75, 3.05) is 0 Å². The Hall–Kier alpha value is -1.46. The van der Waals surface area contributed by atoms with E-state index in [-0.39, 0.29) is 5.56 Å². The SMILES string of the molecule is Cc1cccc(S(=O)Cc2ccc(C(=O)O)cc2Br)c1. The van der Waals surface area contributed by atoms with Crippen molar-refractivity contribution in [2.45, 2.75) is 17.6 Å². The summed E-state index contributed by atoms with van der Waals surface area (Å²) in [6.07, 6.45) is 0. The second-order valence-electron chi connectivity index (χ2n) is 4.42. The molecular weight excluding hydrogens is 340 g/mol. The number of carboxylic acid groups (broad SMARTS) is 1. The molecule has 0 aliphatic rings. The average Bonchev–Trinajstić information content (AvgIpc) is 2.40. The first kappa shape index (κ1) is 14.9. The van der Waals surface area contributed by atoms with Crippen molar-refractivity contribution in [3.63, 3.8) is 0 Å². The zero-order valence-corrected chi connectivity index (χ0v) is 13.2. The van der Waals surface area contributed by atoms with Crippen LogP contribution in [0.25, 0.3) is 0 Å². The van der Waals surface area contributed by atoms with E-state index < -0.39 is 16.8 Å². The van der Waals surface area contributed by atoms with E-state index in [0.717, 1.165) is 16.0 Å². The fourth-order valence-corrected chi connectivity index (χ4v) is 3.73. The monoisotopic (exact) mass is 352 g/mol. The first-order chi connectivity index (χ1) is 9.47. The van der Waals surface area contributed by atoms with Crippen LogP contribution in [0.3, 0.4) is 0 Å². The molecule has 1 atom stereocenters. The molecule has 2 rings (SSSR count). The summed E-state index contributed by atoms with van der Waals surface area (Å²) in [5.41, 5.74) is 2.10. The van der Waals surface area contributed by atoms with Gasteiger partial charge in [-0.2, -0.15) is 0 Å². The van der Waals surface area contributed by atoms with E-state index in [1.807, 2.05) is 31.2 Å². The van der Waals surface area contributed by atoms with E-state index in [9.17, 15) is 9.00 Å². The molecule has 104 valence electrons. The number of aromatic carboxylic acids is 1. The van der Waals surface area contributed by atoms with Gasteiger partial charge in [0.05, 0.1) is 22.1 Å². The highest BCUT2D eigenvalue weighted by Gasteiger charge is 2.11. The van der Waals surface area contributed by atoms with E-state index in [1.54, 1.807) is 6.07 Å². The Morgan fingerprint density at radius 3 is 2.60 bits per heavy atom. The third kappa shape index (κ3) is 3.55. The predicted octanol–water partition coefficient (Wildman–Crippen LogP) is 3.76. The minimum atomic E-state index is -1.15. The van der Waals surface area contributed by atoms with E-state index in [0.29, 0.717) is 10.2 Å². The zero-order chi connectivity index (χ0) is 14.7. The molecule has 0 bridgehead atoms. The van der Waals surface area contributed by atoms with Gasteiger partial charge >= 0.3 is 5.97 Å². The van der Waals surface area contributed by atoms with Crippen molar-refractivity contribution < 1.29 is 14.1 Å². The third-order valence-corrected chi connectivity index (χ3v) is 4.93. The number of rotatable bonds is 4. The fraction of sp³-hybridized carbons (Fsp3) is 0.133. The van der Waals surface area contributed by atoms with E-state index in [1.165, 1.54) is 12.1 Å². The standard InChI is InChI=1S/C15H13BrO3S/c1-10-3-2-4-13(7-10)20(19)9-12-6-5-11(15(17)18)8-14(12)16/h2-8H,9H2,1H3,(H,17,18). The topological polar surface area (TPSA) is 54.4 Å². The fourth-order valence-electron chi connectivity index (χ4n) is 1.78. The summed E-state index contributed by atoms with van der Waals surface area (Å²) >= 11 is 3.33. The number of hydrogen-bond acceptors (Lipinski definition) is 2. The molecule has 2 aromatic carbocycles. The molecule has 0 amide bonds. The summed E-state index contributed by atoms with van der Waals surface area (Å²) in [5, 5.41) is 8.91. The van der Waals surface area contributed by atoms with Gasteiger partial charge in [-0.1, -0.05) is 34.1 Å². The smallest absolute Gasteiger partial charge is 0.335 e. The van der Waals surface area contributed by atoms with Gasteiger partial charge in [-0.25, -0.2) is 4.79 Å². The Morgan fingerprint density at radius 2 is 2.00 bits per heavy atom. The van der Waals surface area contributed by atoms with Crippen molar-refractivity contribution in [2.24, 2.45) is 0 Å². The Morgan fingerprint density at radius 1 is 1.25 bits per heavy atom. The maximum Gasteiger partial charge on any atom is 0.335 e. The van der Waals surface area contributed by atoms with Crippen LogP contribution in [0.15, 0.2) is 51.8 Å². The van der Waals surface area contributed by atoms with Gasteiger partial charge in [0.15, 0.2) is 0 Å². The number of carbonyl (C=O) groups is 1. The van der Waals surface area contributed by atoms with Crippen LogP contribution in [0.2, 0.25) is 0 Å². The van der Waals surface area contributed by atoms with Crippen LogP contribution in [0.4, 0.5) is 0 Å². The molecule has 1 N–H and O–H groups in total. The molecule has 2 aromatic rings. The number of aryl methyl sites for hydroxylation is 1. The van der Waals surface area contributed by atoms with Crippen molar-refractivity contribution in [1.82, 2.24) is 0 Å². The minimum Gasteiger partial charge on any atom is -0.478 e. The molecule has 0 heterocycles. The van der Waals surface area contributed by atoms with Crippen LogP contribution in [0.5, 0.6) is 0 Å². The molecule has 0 aliphatic carbocycles. The number of hydrogen-bond donors (Lipinski definition) is 1. The molecule has 0 radical (unpaired) electrons. The summed E-state index contributed by atoms with van der Waals surface area (Å²) in [4.78, 5) is 11.6. The Kier molecular flexibility index (Phi) is 4.73. The number of halogens is 1. The highest BCUT2D eigenvalue weighted by atomic mass is 79.9. The lowest BCUT2D eigenvalue weighted by Crippen LogP contribution is -2.01. The molecule has 0 saturated carbocycles. The maximum absolute atomic E-state index is 12.3. The van der Waals surface area contributed by atoms with Crippen LogP contribution in [0.1, 0.15) is 21.5 Å². The molecule has 0 fully saturated rings. The lowest BCUT2D eigenvalue weighted by molar-refractivity contribution is 0.0697. The quantitative estimate of drug-likeness (QED) is 0.911. The highest BCUT2D eigenvalue weighted by molar-refractivity contribution is 9.10. The molecule has 0 aliphatic heterocycles. The van der Waals surface area contributed by atoms with Gasteiger partial charge in [0.25, 0.3) is 0 Å². The maximum atomic E-state index is 12.3. The zero-order valence-electron chi connectivity index (χ0n) is 10.8. The van der Waals surface area contributed by atoms with E-state index in [4.69, 9.17) is 5.11 Å². The van der Waals surface area contributed by atoms with Crippen LogP contribution in [-0.2, 0) is 16.6 Å². The van der Waals surface area contributed by atoms with Gasteiger partial charge < -0.3 is 5.11 Å². The Balaban J connectivity index is 2.22. The molecule has 0 aromatic heterocycles. The van der Waals surface area contributed by atoms with Gasteiger partial charge in [-0.3, -0.25) is 4.21 Å². The number of carboxylic acids is 1. The summed E-state index contributed by atoms with van der Waals surface area (Å²) in [6, 6.07) is 12.3. The van der Waals surface area contributed by atoms with Gasteiger partial charge in [-0.05, 0) is 42.3 Å². The first-order valence-electron chi connectivity index (χ1n) is 5.94. The van der Waals surface area contributed by atoms with Gasteiger partial charge in [0.1, 0.15) is 0 Å². The van der Waals surface area contributed by atoms with E-state index >= 15 is 0 Å². The summed E-state index contributed by atoms with van der Waals surface area (Å²) < 4.78 is 13.0. The van der Waals surface area contributed by atoms with Crippen molar-refractivity contribution in [3.05, 3.63) is 63.6 Å². The molecule has 3 nitrogen and oxygen atoms in total. The average molecular weight is 353 g/mol. The van der Waals surface area contributed by atoms with Crippen LogP contribution < -0.4 is 0 Å². The summed E-state index contributed by atoms with van der Waals surface area (Å²) in [5.74, 6) is -0.624. The second-order valence-corrected chi connectivity index (χ2v) is 6.72. The largest absolute Gasteiger partial charge is 0.478 e. The predicted molar refractivity (Wildman–Crippen MR) is 82.4 cm³/mol. The first-order valence-corrected chi connectivity index (χ1v) is 8.05. The van der Waals surface area contributed by atoms with Gasteiger partial charge in [0, 0.05) is 9.37 Å². The molecular formula is C15H13BrO3S. The molecule has 0 spiro atoms. The van der Waals surface area contributed by atoms with Crippen molar-refractivity contribution in [3.8, 4) is 0 Å². The Labute approximate surface area is 128 Å².